The summed E-state index contributed by atoms with van der Waals surface area (Å²) in [6, 6.07) is 0.452. The Labute approximate surface area is 81.1 Å². The van der Waals surface area contributed by atoms with Crippen LogP contribution in [0.3, 0.4) is 0 Å². The van der Waals surface area contributed by atoms with Gasteiger partial charge in [0, 0.05) is 12.5 Å². The van der Waals surface area contributed by atoms with Crippen LogP contribution in [0.2, 0.25) is 0 Å². The van der Waals surface area contributed by atoms with Crippen molar-refractivity contribution in [1.82, 2.24) is 5.32 Å². The van der Waals surface area contributed by atoms with Crippen molar-refractivity contribution < 1.29 is 4.79 Å². The molecule has 0 heterocycles. The van der Waals surface area contributed by atoms with E-state index in [2.05, 4.69) is 12.2 Å². The first-order valence-corrected chi connectivity index (χ1v) is 5.53. The monoisotopic (exact) mass is 183 g/mol. The summed E-state index contributed by atoms with van der Waals surface area (Å²) in [6.07, 6.45) is 6.70. The molecule has 2 unspecified atom stereocenters. The quantitative estimate of drug-likeness (QED) is 0.715. The third-order valence-electron chi connectivity index (χ3n) is 2.93. The van der Waals surface area contributed by atoms with Crippen LogP contribution in [0.4, 0.5) is 0 Å². The van der Waals surface area contributed by atoms with Crippen LogP contribution in [0.15, 0.2) is 0 Å². The number of hydrogen-bond donors (Lipinski definition) is 1. The zero-order valence-corrected chi connectivity index (χ0v) is 8.81. The van der Waals surface area contributed by atoms with Crippen molar-refractivity contribution in [2.75, 3.05) is 0 Å². The molecule has 0 spiro atoms. The molecule has 1 saturated carbocycles. The van der Waals surface area contributed by atoms with Gasteiger partial charge in [-0.25, -0.2) is 0 Å². The SMILES string of the molecule is CCCC(=O)NC1CCCCC1C. The van der Waals surface area contributed by atoms with Crippen LogP contribution in [-0.2, 0) is 4.79 Å². The van der Waals surface area contributed by atoms with E-state index < -0.39 is 0 Å². The summed E-state index contributed by atoms with van der Waals surface area (Å²) in [4.78, 5) is 11.3. The molecule has 0 aromatic carbocycles. The van der Waals surface area contributed by atoms with Crippen LogP contribution >= 0.6 is 0 Å². The highest BCUT2D eigenvalue weighted by Crippen LogP contribution is 2.23. The summed E-state index contributed by atoms with van der Waals surface area (Å²) < 4.78 is 0. The Kier molecular flexibility index (Phi) is 4.26. The van der Waals surface area contributed by atoms with E-state index >= 15 is 0 Å². The summed E-state index contributed by atoms with van der Waals surface area (Å²) >= 11 is 0. The van der Waals surface area contributed by atoms with Gasteiger partial charge in [-0.1, -0.05) is 26.7 Å². The predicted molar refractivity (Wildman–Crippen MR) is 54.5 cm³/mol. The first-order chi connectivity index (χ1) is 6.24. The number of rotatable bonds is 3. The molecule has 0 aromatic rings. The number of nitrogens with one attached hydrogen (secondary N) is 1. The van der Waals surface area contributed by atoms with Crippen molar-refractivity contribution >= 4 is 5.91 Å². The highest BCUT2D eigenvalue weighted by molar-refractivity contribution is 5.76. The lowest BCUT2D eigenvalue weighted by molar-refractivity contribution is -0.122. The van der Waals surface area contributed by atoms with Crippen LogP contribution in [0.25, 0.3) is 0 Å². The molecule has 1 aliphatic rings. The zero-order valence-electron chi connectivity index (χ0n) is 8.81. The van der Waals surface area contributed by atoms with Gasteiger partial charge in [-0.15, -0.1) is 0 Å². The molecule has 0 saturated heterocycles. The number of carbonyl (C=O) groups excluding carboxylic acids is 1. The smallest absolute Gasteiger partial charge is 0.220 e. The average molecular weight is 183 g/mol. The minimum absolute atomic E-state index is 0.237. The van der Waals surface area contributed by atoms with Gasteiger partial charge in [0.1, 0.15) is 0 Å². The van der Waals surface area contributed by atoms with E-state index in [0.29, 0.717) is 18.4 Å². The first kappa shape index (κ1) is 10.6. The molecule has 0 radical (unpaired) electrons. The Morgan fingerprint density at radius 3 is 2.69 bits per heavy atom. The molecule has 0 aromatic heterocycles. The van der Waals surface area contributed by atoms with Gasteiger partial charge >= 0.3 is 0 Å². The molecule has 13 heavy (non-hydrogen) atoms. The molecule has 1 amide bonds. The van der Waals surface area contributed by atoms with Crippen LogP contribution in [0.1, 0.15) is 52.4 Å². The Morgan fingerprint density at radius 2 is 2.08 bits per heavy atom. The highest BCUT2D eigenvalue weighted by atomic mass is 16.1. The second-order valence-corrected chi connectivity index (χ2v) is 4.19. The number of hydrogen-bond acceptors (Lipinski definition) is 1. The second kappa shape index (κ2) is 5.25. The molecule has 2 nitrogen and oxygen atoms in total. The Hall–Kier alpha value is -0.530. The molecule has 1 N–H and O–H groups in total. The van der Waals surface area contributed by atoms with Gasteiger partial charge < -0.3 is 5.32 Å². The second-order valence-electron chi connectivity index (χ2n) is 4.19. The largest absolute Gasteiger partial charge is 0.353 e. The maximum atomic E-state index is 11.3. The van der Waals surface area contributed by atoms with E-state index in [1.165, 1.54) is 25.7 Å². The average Bonchev–Trinajstić information content (AvgIpc) is 2.09. The standard InChI is InChI=1S/C11H21NO/c1-3-6-11(13)12-10-8-5-4-7-9(10)2/h9-10H,3-8H2,1-2H3,(H,12,13). The van der Waals surface area contributed by atoms with E-state index in [1.807, 2.05) is 6.92 Å². The van der Waals surface area contributed by atoms with E-state index in [-0.39, 0.29) is 5.91 Å². The summed E-state index contributed by atoms with van der Waals surface area (Å²) in [5, 5.41) is 3.13. The number of amides is 1. The third-order valence-corrected chi connectivity index (χ3v) is 2.93. The maximum absolute atomic E-state index is 11.3. The fourth-order valence-electron chi connectivity index (χ4n) is 2.04. The number of carbonyl (C=O) groups is 1. The van der Waals surface area contributed by atoms with Crippen molar-refractivity contribution in [1.29, 1.82) is 0 Å². The minimum atomic E-state index is 0.237. The van der Waals surface area contributed by atoms with Crippen molar-refractivity contribution in [2.24, 2.45) is 5.92 Å². The van der Waals surface area contributed by atoms with Gasteiger partial charge in [0.05, 0.1) is 0 Å². The van der Waals surface area contributed by atoms with Gasteiger partial charge in [0.15, 0.2) is 0 Å². The Morgan fingerprint density at radius 1 is 1.38 bits per heavy atom. The normalized spacial score (nSPS) is 28.5. The fraction of sp³-hybridized carbons (Fsp3) is 0.909. The molecular weight excluding hydrogens is 162 g/mol. The highest BCUT2D eigenvalue weighted by Gasteiger charge is 2.22. The van der Waals surface area contributed by atoms with Gasteiger partial charge in [0.25, 0.3) is 0 Å². The summed E-state index contributed by atoms with van der Waals surface area (Å²) in [6.45, 7) is 4.29. The molecule has 2 atom stereocenters. The van der Waals surface area contributed by atoms with Crippen molar-refractivity contribution in [3.63, 3.8) is 0 Å². The van der Waals surface area contributed by atoms with Crippen LogP contribution < -0.4 is 5.32 Å². The summed E-state index contributed by atoms with van der Waals surface area (Å²) in [5.41, 5.74) is 0. The third kappa shape index (κ3) is 3.37. The van der Waals surface area contributed by atoms with E-state index in [9.17, 15) is 4.79 Å². The van der Waals surface area contributed by atoms with Crippen molar-refractivity contribution in [3.05, 3.63) is 0 Å². The molecule has 1 aliphatic carbocycles. The van der Waals surface area contributed by atoms with Crippen LogP contribution in [0, 0.1) is 5.92 Å². The molecule has 0 aliphatic heterocycles. The molecule has 2 heteroatoms. The maximum Gasteiger partial charge on any atom is 0.220 e. The topological polar surface area (TPSA) is 29.1 Å². The van der Waals surface area contributed by atoms with Crippen molar-refractivity contribution in [3.8, 4) is 0 Å². The molecule has 0 bridgehead atoms. The molecule has 1 fully saturated rings. The fourth-order valence-corrected chi connectivity index (χ4v) is 2.04. The van der Waals surface area contributed by atoms with E-state index in [4.69, 9.17) is 0 Å². The van der Waals surface area contributed by atoms with E-state index in [1.54, 1.807) is 0 Å². The van der Waals surface area contributed by atoms with Crippen molar-refractivity contribution in [2.45, 2.75) is 58.4 Å². The summed E-state index contributed by atoms with van der Waals surface area (Å²) in [7, 11) is 0. The Bertz CT molecular complexity index is 167. The molecular formula is C11H21NO. The van der Waals surface area contributed by atoms with Gasteiger partial charge in [-0.3, -0.25) is 4.79 Å². The molecule has 1 rings (SSSR count). The lowest BCUT2D eigenvalue weighted by Gasteiger charge is -2.29. The van der Waals surface area contributed by atoms with Crippen LogP contribution in [0.5, 0.6) is 0 Å². The van der Waals surface area contributed by atoms with Gasteiger partial charge in [-0.05, 0) is 25.2 Å². The predicted octanol–water partition coefficient (Wildman–Crippen LogP) is 2.48. The zero-order chi connectivity index (χ0) is 9.68. The van der Waals surface area contributed by atoms with Gasteiger partial charge in [0.2, 0.25) is 5.91 Å². The lowest BCUT2D eigenvalue weighted by atomic mass is 9.86. The summed E-state index contributed by atoms with van der Waals surface area (Å²) in [5.74, 6) is 0.913. The van der Waals surface area contributed by atoms with E-state index in [0.717, 1.165) is 6.42 Å². The lowest BCUT2D eigenvalue weighted by Crippen LogP contribution is -2.40. The Balaban J connectivity index is 2.29. The van der Waals surface area contributed by atoms with Crippen LogP contribution in [-0.4, -0.2) is 11.9 Å². The minimum Gasteiger partial charge on any atom is -0.353 e. The first-order valence-electron chi connectivity index (χ1n) is 5.53. The molecule has 76 valence electrons. The van der Waals surface area contributed by atoms with Gasteiger partial charge in [-0.2, -0.15) is 0 Å².